The number of oxazole rings is 1. The molecule has 0 atom stereocenters. The molecule has 5 rings (SSSR count). The molecule has 1 aliphatic heterocycles. The van der Waals surface area contributed by atoms with Crippen molar-refractivity contribution in [3.05, 3.63) is 85.3 Å². The minimum Gasteiger partial charge on any atom is -0.457 e. The maximum Gasteiger partial charge on any atom is 0.225 e. The third kappa shape index (κ3) is 2.97. The molecular weight excluding hydrogens is 350 g/mol. The second-order valence-corrected chi connectivity index (χ2v) is 6.72. The van der Waals surface area contributed by atoms with Gasteiger partial charge in [-0.25, -0.2) is 4.98 Å². The molecule has 1 aliphatic rings. The summed E-state index contributed by atoms with van der Waals surface area (Å²) in [6.45, 7) is 0.808. The lowest BCUT2D eigenvalue weighted by molar-refractivity contribution is 0.482. The molecule has 5 heteroatoms. The number of rotatable bonds is 4. The van der Waals surface area contributed by atoms with Crippen LogP contribution in [0.15, 0.2) is 89.7 Å². The van der Waals surface area contributed by atoms with Crippen LogP contribution in [0.25, 0.3) is 11.5 Å². The third-order valence-electron chi connectivity index (χ3n) is 4.82. The first-order chi connectivity index (χ1) is 13.8. The summed E-state index contributed by atoms with van der Waals surface area (Å²) in [6.07, 6.45) is 3.20. The van der Waals surface area contributed by atoms with E-state index >= 15 is 0 Å². The quantitative estimate of drug-likeness (QED) is 0.463. The van der Waals surface area contributed by atoms with Crippen LogP contribution >= 0.6 is 0 Å². The van der Waals surface area contributed by atoms with Gasteiger partial charge in [0.15, 0.2) is 0 Å². The molecular formula is C23H19N3O2. The van der Waals surface area contributed by atoms with Gasteiger partial charge in [0.25, 0.3) is 0 Å². The monoisotopic (exact) mass is 369 g/mol. The highest BCUT2D eigenvalue weighted by Gasteiger charge is 2.24. The van der Waals surface area contributed by atoms with E-state index in [4.69, 9.17) is 9.15 Å². The molecule has 0 aliphatic carbocycles. The summed E-state index contributed by atoms with van der Waals surface area (Å²) in [5, 5.41) is 0. The number of nitrogens with zero attached hydrogens (tertiary/aromatic N) is 3. The van der Waals surface area contributed by atoms with E-state index in [2.05, 4.69) is 58.2 Å². The zero-order valence-electron chi connectivity index (χ0n) is 15.4. The lowest BCUT2D eigenvalue weighted by atomic mass is 10.2. The summed E-state index contributed by atoms with van der Waals surface area (Å²) in [5.74, 6) is 2.11. The lowest BCUT2D eigenvalue weighted by Gasteiger charge is -2.20. The minimum absolute atomic E-state index is 0.580. The van der Waals surface area contributed by atoms with Crippen molar-refractivity contribution in [1.82, 2.24) is 4.98 Å². The van der Waals surface area contributed by atoms with Crippen LogP contribution in [0.3, 0.4) is 0 Å². The van der Waals surface area contributed by atoms with E-state index in [1.165, 1.54) is 11.4 Å². The summed E-state index contributed by atoms with van der Waals surface area (Å²) in [4.78, 5) is 8.72. The first kappa shape index (κ1) is 16.4. The fraction of sp³-hybridized carbons (Fsp3) is 0.0870. The molecule has 0 N–H and O–H groups in total. The van der Waals surface area contributed by atoms with E-state index in [1.807, 2.05) is 36.4 Å². The van der Waals surface area contributed by atoms with E-state index in [0.717, 1.165) is 29.4 Å². The Labute approximate surface area is 163 Å². The third-order valence-corrected chi connectivity index (χ3v) is 4.82. The molecule has 0 radical (unpaired) electrons. The Hall–Kier alpha value is -3.73. The van der Waals surface area contributed by atoms with E-state index in [1.54, 1.807) is 12.5 Å². The van der Waals surface area contributed by atoms with Crippen LogP contribution in [0.1, 0.15) is 0 Å². The Morgan fingerprint density at radius 1 is 0.893 bits per heavy atom. The fourth-order valence-corrected chi connectivity index (χ4v) is 3.51. The highest BCUT2D eigenvalue weighted by Crippen LogP contribution is 2.40. The van der Waals surface area contributed by atoms with Gasteiger partial charge in [-0.3, -0.25) is 0 Å². The van der Waals surface area contributed by atoms with Crippen molar-refractivity contribution in [3.8, 4) is 23.0 Å². The van der Waals surface area contributed by atoms with Gasteiger partial charge in [-0.1, -0.05) is 24.3 Å². The first-order valence-electron chi connectivity index (χ1n) is 9.13. The number of ether oxygens (including phenoxy) is 1. The predicted octanol–water partition coefficient (Wildman–Crippen LogP) is 5.68. The second-order valence-electron chi connectivity index (χ2n) is 6.72. The maximum atomic E-state index is 6.12. The van der Waals surface area contributed by atoms with E-state index in [-0.39, 0.29) is 0 Å². The Balaban J connectivity index is 1.42. The Kier molecular flexibility index (Phi) is 3.98. The van der Waals surface area contributed by atoms with Gasteiger partial charge in [0.2, 0.25) is 5.89 Å². The van der Waals surface area contributed by atoms with E-state index in [9.17, 15) is 0 Å². The van der Waals surface area contributed by atoms with Crippen LogP contribution in [0, 0.1) is 0 Å². The number of fused-ring (bicyclic) bond motifs is 1. The van der Waals surface area contributed by atoms with Crippen molar-refractivity contribution in [2.75, 3.05) is 23.5 Å². The molecule has 138 valence electrons. The normalized spacial score (nSPS) is 12.9. The summed E-state index contributed by atoms with van der Waals surface area (Å²) >= 11 is 0. The van der Waals surface area contributed by atoms with E-state index < -0.39 is 0 Å². The fourth-order valence-electron chi connectivity index (χ4n) is 3.51. The number of aromatic nitrogens is 1. The Morgan fingerprint density at radius 3 is 2.50 bits per heavy atom. The molecule has 0 spiro atoms. The van der Waals surface area contributed by atoms with Crippen molar-refractivity contribution < 1.29 is 9.15 Å². The first-order valence-corrected chi connectivity index (χ1v) is 9.13. The summed E-state index contributed by atoms with van der Waals surface area (Å²) in [7, 11) is 2.10. The average molecular weight is 369 g/mol. The molecule has 4 aromatic rings. The van der Waals surface area contributed by atoms with Gasteiger partial charge < -0.3 is 19.0 Å². The van der Waals surface area contributed by atoms with Crippen molar-refractivity contribution in [1.29, 1.82) is 0 Å². The average Bonchev–Trinajstić information content (AvgIpc) is 3.38. The van der Waals surface area contributed by atoms with Gasteiger partial charge in [0, 0.05) is 24.4 Å². The number of hydrogen-bond acceptors (Lipinski definition) is 5. The zero-order valence-corrected chi connectivity index (χ0v) is 15.4. The molecule has 3 aromatic carbocycles. The molecule has 0 unspecified atom stereocenters. The van der Waals surface area contributed by atoms with Crippen molar-refractivity contribution in [2.24, 2.45) is 0 Å². The SMILES string of the molecule is CN1CN(c2cccc(Oc3cccc(-c4ncco4)c3)c2)c2ccccc21. The zero-order chi connectivity index (χ0) is 18.9. The molecule has 5 nitrogen and oxygen atoms in total. The lowest BCUT2D eigenvalue weighted by Crippen LogP contribution is -2.23. The minimum atomic E-state index is 0.580. The maximum absolute atomic E-state index is 6.12. The summed E-state index contributed by atoms with van der Waals surface area (Å²) in [5.41, 5.74) is 4.41. The summed E-state index contributed by atoms with van der Waals surface area (Å²) in [6, 6.07) is 24.3. The topological polar surface area (TPSA) is 41.7 Å². The molecule has 1 aromatic heterocycles. The highest BCUT2D eigenvalue weighted by molar-refractivity contribution is 5.82. The molecule has 2 heterocycles. The van der Waals surface area contributed by atoms with Crippen LogP contribution < -0.4 is 14.5 Å². The standard InChI is InChI=1S/C23H19N3O2/c1-25-16-26(22-11-3-2-10-21(22)25)18-7-5-9-20(15-18)28-19-8-4-6-17(14-19)23-24-12-13-27-23/h2-15H,16H2,1H3. The van der Waals surface area contributed by atoms with Crippen molar-refractivity contribution in [3.63, 3.8) is 0 Å². The molecule has 0 fully saturated rings. The van der Waals surface area contributed by atoms with Crippen molar-refractivity contribution >= 4 is 17.1 Å². The van der Waals surface area contributed by atoms with E-state index in [0.29, 0.717) is 5.89 Å². The summed E-state index contributed by atoms with van der Waals surface area (Å²) < 4.78 is 11.5. The van der Waals surface area contributed by atoms with Crippen LogP contribution in [0.5, 0.6) is 11.5 Å². The van der Waals surface area contributed by atoms with Gasteiger partial charge in [-0.05, 0) is 42.5 Å². The highest BCUT2D eigenvalue weighted by atomic mass is 16.5. The van der Waals surface area contributed by atoms with Gasteiger partial charge >= 0.3 is 0 Å². The molecule has 0 bridgehead atoms. The van der Waals surface area contributed by atoms with Crippen LogP contribution in [0.4, 0.5) is 17.1 Å². The van der Waals surface area contributed by atoms with Crippen molar-refractivity contribution in [2.45, 2.75) is 0 Å². The number of hydrogen-bond donors (Lipinski definition) is 0. The predicted molar refractivity (Wildman–Crippen MR) is 110 cm³/mol. The molecule has 28 heavy (non-hydrogen) atoms. The molecule has 0 amide bonds. The van der Waals surface area contributed by atoms with Crippen LogP contribution in [-0.4, -0.2) is 18.7 Å². The second kappa shape index (κ2) is 6.78. The van der Waals surface area contributed by atoms with Crippen LogP contribution in [0.2, 0.25) is 0 Å². The van der Waals surface area contributed by atoms with Gasteiger partial charge in [0.05, 0.1) is 24.2 Å². The van der Waals surface area contributed by atoms with Gasteiger partial charge in [-0.15, -0.1) is 0 Å². The molecule has 0 saturated heterocycles. The molecule has 0 saturated carbocycles. The number of anilines is 3. The largest absolute Gasteiger partial charge is 0.457 e. The smallest absolute Gasteiger partial charge is 0.225 e. The van der Waals surface area contributed by atoms with Crippen LogP contribution in [-0.2, 0) is 0 Å². The van der Waals surface area contributed by atoms with Gasteiger partial charge in [0.1, 0.15) is 17.8 Å². The Morgan fingerprint density at radius 2 is 1.68 bits per heavy atom. The number of benzene rings is 3. The Bertz CT molecular complexity index is 1110. The van der Waals surface area contributed by atoms with Gasteiger partial charge in [-0.2, -0.15) is 0 Å². The number of para-hydroxylation sites is 2.